The molecule has 0 fully saturated rings. The number of nitrogens with zero attached hydrogens (tertiary/aromatic N) is 2. The molecule has 0 aromatic rings. The van der Waals surface area contributed by atoms with Crippen LogP contribution in [0.25, 0.3) is 0 Å². The predicted octanol–water partition coefficient (Wildman–Crippen LogP) is 0.0286. The molecule has 0 radical (unpaired) electrons. The number of nitriles is 2. The van der Waals surface area contributed by atoms with Crippen molar-refractivity contribution in [2.75, 3.05) is 0 Å². The van der Waals surface area contributed by atoms with Crippen LogP contribution in [0.1, 0.15) is 0 Å². The van der Waals surface area contributed by atoms with Gasteiger partial charge in [0.2, 0.25) is 0 Å². The first kappa shape index (κ1) is 16.7. The smallest absolute Gasteiger partial charge is 0.181 e. The van der Waals surface area contributed by atoms with E-state index in [0.29, 0.717) is 0 Å². The molecule has 6 heavy (non-hydrogen) atoms. The Morgan fingerprint density at radius 3 is 1.17 bits per heavy atom. The molecule has 0 aliphatic heterocycles. The van der Waals surface area contributed by atoms with E-state index in [0.717, 1.165) is 0 Å². The van der Waals surface area contributed by atoms with Crippen molar-refractivity contribution in [1.82, 2.24) is 0 Å². The van der Waals surface area contributed by atoms with E-state index in [-0.39, 0.29) is 33.6 Å². The van der Waals surface area contributed by atoms with Crippen LogP contribution in [0.3, 0.4) is 0 Å². The van der Waals surface area contributed by atoms with Gasteiger partial charge < -0.3 is 0 Å². The molecule has 0 aromatic carbocycles. The molecular formula is C2FeN2Ni. The van der Waals surface area contributed by atoms with Crippen molar-refractivity contribution >= 4 is 0 Å². The summed E-state index contributed by atoms with van der Waals surface area (Å²) in [6, 6.07) is 2.47. The maximum atomic E-state index is 7.26. The van der Waals surface area contributed by atoms with Crippen molar-refractivity contribution in [3.63, 3.8) is 0 Å². The Labute approximate surface area is 56.5 Å². The van der Waals surface area contributed by atoms with Gasteiger partial charge in [0.25, 0.3) is 0 Å². The van der Waals surface area contributed by atoms with E-state index >= 15 is 0 Å². The summed E-state index contributed by atoms with van der Waals surface area (Å²) in [5.41, 5.74) is 0. The molecule has 0 rings (SSSR count). The van der Waals surface area contributed by atoms with Crippen LogP contribution in [-0.2, 0) is 33.6 Å². The van der Waals surface area contributed by atoms with Crippen LogP contribution >= 0.6 is 0 Å². The third kappa shape index (κ3) is 36.3. The number of hydrogen-bond donors (Lipinski definition) is 0. The van der Waals surface area contributed by atoms with Gasteiger partial charge in [0.05, 0.1) is 0 Å². The van der Waals surface area contributed by atoms with E-state index in [4.69, 9.17) is 10.5 Å². The van der Waals surface area contributed by atoms with Gasteiger partial charge in [0.15, 0.2) is 12.1 Å². The summed E-state index contributed by atoms with van der Waals surface area (Å²) >= 11 is 0. The Hall–Kier alpha value is -0.00701. The first-order valence-corrected chi connectivity index (χ1v) is 0.697. The van der Waals surface area contributed by atoms with Gasteiger partial charge >= 0.3 is 0 Å². The van der Waals surface area contributed by atoms with Crippen LogP contribution < -0.4 is 0 Å². The summed E-state index contributed by atoms with van der Waals surface area (Å²) in [5.74, 6) is 0. The molecule has 2 nitrogen and oxygen atoms in total. The largest absolute Gasteiger partial charge is 0.181 e. The van der Waals surface area contributed by atoms with Gasteiger partial charge in [0, 0.05) is 33.6 Å². The molecule has 36 valence electrons. The fourth-order valence-electron chi connectivity index (χ4n) is 0. The predicted molar refractivity (Wildman–Crippen MR) is 11.2 cm³/mol. The summed E-state index contributed by atoms with van der Waals surface area (Å²) in [6.45, 7) is 0. The molecular weight excluding hydrogens is 167 g/mol. The molecule has 0 saturated heterocycles. The van der Waals surface area contributed by atoms with E-state index < -0.39 is 0 Å². The molecule has 0 heterocycles. The molecule has 0 unspecified atom stereocenters. The zero-order valence-electron chi connectivity index (χ0n) is 2.56. The number of rotatable bonds is 0. The normalized spacial score (nSPS) is 1.67. The van der Waals surface area contributed by atoms with E-state index in [1.807, 2.05) is 0 Å². The average molecular weight is 167 g/mol. The van der Waals surface area contributed by atoms with Crippen molar-refractivity contribution in [2.24, 2.45) is 0 Å². The van der Waals surface area contributed by atoms with Crippen LogP contribution in [-0.4, -0.2) is 0 Å². The van der Waals surface area contributed by atoms with Gasteiger partial charge in [-0.15, -0.1) is 0 Å². The van der Waals surface area contributed by atoms with Gasteiger partial charge in [-0.25, -0.2) is 0 Å². The summed E-state index contributed by atoms with van der Waals surface area (Å²) in [7, 11) is 0. The van der Waals surface area contributed by atoms with Crippen LogP contribution in [0.15, 0.2) is 0 Å². The molecule has 0 N–H and O–H groups in total. The first-order valence-electron chi connectivity index (χ1n) is 0.697. The second-order valence-corrected chi connectivity index (χ2v) is 0.224. The fraction of sp³-hybridized carbons (Fsp3) is 0. The zero-order valence-corrected chi connectivity index (χ0v) is 4.66. The maximum Gasteiger partial charge on any atom is 0.181 e. The third-order valence-electron chi connectivity index (χ3n) is 0.0500. The molecule has 0 saturated carbocycles. The molecule has 0 amide bonds. The molecule has 0 aromatic heterocycles. The Morgan fingerprint density at radius 2 is 1.17 bits per heavy atom. The monoisotopic (exact) mass is 166 g/mol. The Morgan fingerprint density at radius 1 is 1.00 bits per heavy atom. The molecule has 0 spiro atoms. The summed E-state index contributed by atoms with van der Waals surface area (Å²) in [4.78, 5) is 0. The van der Waals surface area contributed by atoms with Gasteiger partial charge in [-0.2, -0.15) is 10.5 Å². The minimum absolute atomic E-state index is 0. The second-order valence-electron chi connectivity index (χ2n) is 0.224. The van der Waals surface area contributed by atoms with Crippen LogP contribution in [0.5, 0.6) is 0 Å². The Kier molecular flexibility index (Phi) is 55.7. The minimum atomic E-state index is 0. The SMILES string of the molecule is N#CC#N.[Fe].[Ni]. The first-order chi connectivity index (χ1) is 1.91. The van der Waals surface area contributed by atoms with E-state index in [9.17, 15) is 0 Å². The molecule has 0 aliphatic carbocycles. The average Bonchev–Trinajstić information content (AvgIpc) is 1.37. The van der Waals surface area contributed by atoms with E-state index in [1.165, 1.54) is 12.1 Å². The van der Waals surface area contributed by atoms with E-state index in [2.05, 4.69) is 0 Å². The molecule has 0 atom stereocenters. The minimum Gasteiger partial charge on any atom is -0.181 e. The fourth-order valence-corrected chi connectivity index (χ4v) is 0. The summed E-state index contributed by atoms with van der Waals surface area (Å²) in [5, 5.41) is 14.5. The van der Waals surface area contributed by atoms with Gasteiger partial charge in [-0.05, 0) is 0 Å². The van der Waals surface area contributed by atoms with Gasteiger partial charge in [-0.3, -0.25) is 0 Å². The third-order valence-corrected chi connectivity index (χ3v) is 0.0500. The molecule has 4 heteroatoms. The number of hydrogen-bond acceptors (Lipinski definition) is 2. The van der Waals surface area contributed by atoms with E-state index in [1.54, 1.807) is 0 Å². The standard InChI is InChI=1S/C2N2.Fe.Ni/c3-1-2-4;;. The van der Waals surface area contributed by atoms with Crippen molar-refractivity contribution in [3.05, 3.63) is 0 Å². The van der Waals surface area contributed by atoms with Crippen molar-refractivity contribution < 1.29 is 33.6 Å². The van der Waals surface area contributed by atoms with Gasteiger partial charge in [0.1, 0.15) is 0 Å². The second kappa shape index (κ2) is 20.0. The van der Waals surface area contributed by atoms with Crippen LogP contribution in [0, 0.1) is 22.7 Å². The molecule has 0 bridgehead atoms. The topological polar surface area (TPSA) is 47.6 Å². The van der Waals surface area contributed by atoms with Crippen LogP contribution in [0.4, 0.5) is 0 Å². The summed E-state index contributed by atoms with van der Waals surface area (Å²) < 4.78 is 0. The maximum absolute atomic E-state index is 7.26. The van der Waals surface area contributed by atoms with Crippen molar-refractivity contribution in [1.29, 1.82) is 10.5 Å². The van der Waals surface area contributed by atoms with Crippen molar-refractivity contribution in [3.8, 4) is 12.1 Å². The van der Waals surface area contributed by atoms with Gasteiger partial charge in [-0.1, -0.05) is 0 Å². The Balaban J connectivity index is -0.0000000450. The zero-order chi connectivity index (χ0) is 3.41. The Bertz CT molecular complexity index is 66.5. The quantitative estimate of drug-likeness (QED) is 0.477. The van der Waals surface area contributed by atoms with Crippen LogP contribution in [0.2, 0.25) is 0 Å². The molecule has 0 aliphatic rings. The van der Waals surface area contributed by atoms with Crippen molar-refractivity contribution in [2.45, 2.75) is 0 Å². The summed E-state index contributed by atoms with van der Waals surface area (Å²) in [6.07, 6.45) is 0.